The smallest absolute Gasteiger partial charge is 0.222 e. The first kappa shape index (κ1) is 21.0. The summed E-state index contributed by atoms with van der Waals surface area (Å²) in [6.45, 7) is 6.85. The Balaban J connectivity index is 3.25. The predicted molar refractivity (Wildman–Crippen MR) is 81.8 cm³/mol. The van der Waals surface area contributed by atoms with Crippen LogP contribution in [0.5, 0.6) is 0 Å². The topological polar surface area (TPSA) is 83.1 Å². The maximum atomic E-state index is 11.4. The minimum Gasteiger partial charge on any atom is -0.382 e. The molecule has 130 valence electrons. The second-order valence-corrected chi connectivity index (χ2v) is 4.99. The summed E-state index contributed by atoms with van der Waals surface area (Å²) < 4.78 is 20.5. The van der Waals surface area contributed by atoms with E-state index in [1.54, 1.807) is 7.11 Å². The second-order valence-electron chi connectivity index (χ2n) is 4.99. The van der Waals surface area contributed by atoms with Gasteiger partial charge in [0.05, 0.1) is 39.6 Å². The highest BCUT2D eigenvalue weighted by molar-refractivity contribution is 5.81. The van der Waals surface area contributed by atoms with Crippen molar-refractivity contribution in [2.24, 2.45) is 5.92 Å². The van der Waals surface area contributed by atoms with E-state index in [2.05, 4.69) is 5.32 Å². The Morgan fingerprint density at radius 3 is 2.23 bits per heavy atom. The molecule has 0 fully saturated rings. The Labute approximate surface area is 132 Å². The molecule has 0 atom stereocenters. The third-order valence-corrected chi connectivity index (χ3v) is 2.73. The Morgan fingerprint density at radius 2 is 1.55 bits per heavy atom. The first-order valence-corrected chi connectivity index (χ1v) is 7.59. The molecule has 0 aromatic rings. The molecule has 0 saturated heterocycles. The van der Waals surface area contributed by atoms with Crippen molar-refractivity contribution in [3.05, 3.63) is 0 Å². The Bertz CT molecular complexity index is 296. The van der Waals surface area contributed by atoms with Crippen molar-refractivity contribution < 1.29 is 28.5 Å². The van der Waals surface area contributed by atoms with E-state index < -0.39 is 0 Å². The zero-order valence-corrected chi connectivity index (χ0v) is 13.9. The van der Waals surface area contributed by atoms with Crippen molar-refractivity contribution in [2.45, 2.75) is 20.3 Å². The fourth-order valence-corrected chi connectivity index (χ4v) is 1.32. The Morgan fingerprint density at radius 1 is 0.909 bits per heavy atom. The molecule has 0 aromatic carbocycles. The molecule has 0 aliphatic rings. The van der Waals surface area contributed by atoms with Crippen molar-refractivity contribution in [1.29, 1.82) is 0 Å². The molecule has 0 aromatic heterocycles. The summed E-state index contributed by atoms with van der Waals surface area (Å²) in [5.74, 6) is 0.00869. The van der Waals surface area contributed by atoms with Gasteiger partial charge in [0.15, 0.2) is 5.78 Å². The first-order chi connectivity index (χ1) is 10.6. The fourth-order valence-electron chi connectivity index (χ4n) is 1.32. The zero-order valence-electron chi connectivity index (χ0n) is 13.9. The highest BCUT2D eigenvalue weighted by atomic mass is 16.5. The summed E-state index contributed by atoms with van der Waals surface area (Å²) in [4.78, 5) is 22.7. The lowest BCUT2D eigenvalue weighted by Crippen LogP contribution is -2.28. The van der Waals surface area contributed by atoms with Gasteiger partial charge in [0.25, 0.3) is 0 Å². The molecule has 0 aliphatic carbocycles. The molecular formula is C15H29NO6. The van der Waals surface area contributed by atoms with Crippen LogP contribution in [0.25, 0.3) is 0 Å². The number of carbonyl (C=O) groups is 2. The number of ketones is 1. The highest BCUT2D eigenvalue weighted by Gasteiger charge is 2.06. The number of carbonyl (C=O) groups excluding carboxylic acids is 2. The molecule has 0 unspecified atom stereocenters. The van der Waals surface area contributed by atoms with Crippen LogP contribution < -0.4 is 5.32 Å². The number of rotatable bonds is 15. The summed E-state index contributed by atoms with van der Waals surface area (Å²) in [5.41, 5.74) is 0. The molecule has 1 N–H and O–H groups in total. The predicted octanol–water partition coefficient (Wildman–Crippen LogP) is 0.414. The maximum Gasteiger partial charge on any atom is 0.222 e. The lowest BCUT2D eigenvalue weighted by molar-refractivity contribution is -0.127. The number of Topliss-reactive ketones (excluding diaryl/α,β-unsaturated/α-hetero) is 1. The SMILES string of the molecule is COCCOCCC(=O)NCCOCCOCC(=O)C(C)C. The molecule has 0 rings (SSSR count). The van der Waals surface area contributed by atoms with Gasteiger partial charge in [-0.05, 0) is 0 Å². The van der Waals surface area contributed by atoms with Gasteiger partial charge in [-0.2, -0.15) is 0 Å². The molecule has 0 radical (unpaired) electrons. The van der Waals surface area contributed by atoms with Gasteiger partial charge in [-0.15, -0.1) is 0 Å². The van der Waals surface area contributed by atoms with Crippen LogP contribution >= 0.6 is 0 Å². The molecule has 22 heavy (non-hydrogen) atoms. The van der Waals surface area contributed by atoms with E-state index >= 15 is 0 Å². The molecule has 7 nitrogen and oxygen atoms in total. The number of methoxy groups -OCH3 is 1. The average Bonchev–Trinajstić information content (AvgIpc) is 2.49. The van der Waals surface area contributed by atoms with E-state index in [-0.39, 0.29) is 24.2 Å². The molecule has 1 amide bonds. The second kappa shape index (κ2) is 14.9. The van der Waals surface area contributed by atoms with Crippen molar-refractivity contribution in [1.82, 2.24) is 5.32 Å². The summed E-state index contributed by atoms with van der Waals surface area (Å²) in [5, 5.41) is 2.73. The van der Waals surface area contributed by atoms with Crippen molar-refractivity contribution >= 4 is 11.7 Å². The minimum absolute atomic E-state index is 0.00499. The third-order valence-electron chi connectivity index (χ3n) is 2.73. The molecule has 0 aliphatic heterocycles. The van der Waals surface area contributed by atoms with Crippen LogP contribution in [0.3, 0.4) is 0 Å². The van der Waals surface area contributed by atoms with E-state index in [4.69, 9.17) is 18.9 Å². The van der Waals surface area contributed by atoms with Crippen LogP contribution in [0.2, 0.25) is 0 Å². The molecule has 0 bridgehead atoms. The van der Waals surface area contributed by atoms with Gasteiger partial charge in [0, 0.05) is 26.0 Å². The quantitative estimate of drug-likeness (QED) is 0.440. The highest BCUT2D eigenvalue weighted by Crippen LogP contribution is 1.94. The van der Waals surface area contributed by atoms with E-state index in [9.17, 15) is 9.59 Å². The number of hydrogen-bond donors (Lipinski definition) is 1. The minimum atomic E-state index is -0.0696. The van der Waals surface area contributed by atoms with E-state index in [1.807, 2.05) is 13.8 Å². The maximum absolute atomic E-state index is 11.4. The molecular weight excluding hydrogens is 290 g/mol. The Kier molecular flexibility index (Phi) is 14.2. The third kappa shape index (κ3) is 13.9. The number of amides is 1. The number of ether oxygens (including phenoxy) is 4. The van der Waals surface area contributed by atoms with Crippen LogP contribution in [0, 0.1) is 5.92 Å². The molecule has 7 heteroatoms. The van der Waals surface area contributed by atoms with Crippen LogP contribution in [0.4, 0.5) is 0 Å². The first-order valence-electron chi connectivity index (χ1n) is 7.59. The van der Waals surface area contributed by atoms with Crippen molar-refractivity contribution in [2.75, 3.05) is 59.9 Å². The van der Waals surface area contributed by atoms with Gasteiger partial charge in [0.1, 0.15) is 6.61 Å². The van der Waals surface area contributed by atoms with Crippen LogP contribution in [-0.2, 0) is 28.5 Å². The summed E-state index contributed by atoms with van der Waals surface area (Å²) in [6.07, 6.45) is 0.324. The van der Waals surface area contributed by atoms with Crippen LogP contribution in [0.15, 0.2) is 0 Å². The normalized spacial score (nSPS) is 10.9. The number of nitrogens with one attached hydrogen (secondary N) is 1. The van der Waals surface area contributed by atoms with E-state index in [0.717, 1.165) is 0 Å². The van der Waals surface area contributed by atoms with Gasteiger partial charge < -0.3 is 24.3 Å². The van der Waals surface area contributed by atoms with E-state index in [0.29, 0.717) is 52.6 Å². The molecule has 0 spiro atoms. The summed E-state index contributed by atoms with van der Waals surface area (Å²) in [7, 11) is 1.60. The van der Waals surface area contributed by atoms with Gasteiger partial charge >= 0.3 is 0 Å². The number of hydrogen-bond acceptors (Lipinski definition) is 6. The van der Waals surface area contributed by atoms with Gasteiger partial charge in [-0.3, -0.25) is 9.59 Å². The Hall–Kier alpha value is -1.02. The lowest BCUT2D eigenvalue weighted by Gasteiger charge is -2.08. The van der Waals surface area contributed by atoms with Crippen LogP contribution in [0.1, 0.15) is 20.3 Å². The summed E-state index contributed by atoms with van der Waals surface area (Å²) >= 11 is 0. The van der Waals surface area contributed by atoms with Gasteiger partial charge in [0.2, 0.25) is 5.91 Å². The largest absolute Gasteiger partial charge is 0.382 e. The van der Waals surface area contributed by atoms with Crippen LogP contribution in [-0.4, -0.2) is 71.6 Å². The van der Waals surface area contributed by atoms with Gasteiger partial charge in [-0.25, -0.2) is 0 Å². The van der Waals surface area contributed by atoms with Crippen molar-refractivity contribution in [3.8, 4) is 0 Å². The van der Waals surface area contributed by atoms with E-state index in [1.165, 1.54) is 0 Å². The molecule has 0 saturated carbocycles. The standard InChI is InChI=1S/C15H29NO6/c1-13(2)14(17)12-22-11-10-21-7-5-16-15(18)4-6-20-9-8-19-3/h13H,4-12H2,1-3H3,(H,16,18). The van der Waals surface area contributed by atoms with Gasteiger partial charge in [-0.1, -0.05) is 13.8 Å². The van der Waals surface area contributed by atoms with Crippen molar-refractivity contribution in [3.63, 3.8) is 0 Å². The summed E-state index contributed by atoms with van der Waals surface area (Å²) in [6, 6.07) is 0. The fraction of sp³-hybridized carbons (Fsp3) is 0.867. The average molecular weight is 319 g/mol. The lowest BCUT2D eigenvalue weighted by atomic mass is 10.1. The monoisotopic (exact) mass is 319 g/mol. The zero-order chi connectivity index (χ0) is 16.6. The molecule has 0 heterocycles.